The number of hydrogen-bond donors (Lipinski definition) is 1. The van der Waals surface area contributed by atoms with Crippen molar-refractivity contribution in [3.63, 3.8) is 0 Å². The number of nitrogens with zero attached hydrogens (tertiary/aromatic N) is 8. The fraction of sp³-hybridized carbons (Fsp3) is 0.364. The summed E-state index contributed by atoms with van der Waals surface area (Å²) in [6, 6.07) is 10.6. The van der Waals surface area contributed by atoms with Gasteiger partial charge in [0.1, 0.15) is 17.0 Å². The number of carbonyl (C=O) groups is 1. The Hall–Kier alpha value is -3.44. The van der Waals surface area contributed by atoms with Crippen LogP contribution < -0.4 is 10.2 Å². The lowest BCUT2D eigenvalue weighted by Crippen LogP contribution is -2.46. The van der Waals surface area contributed by atoms with Gasteiger partial charge in [0.05, 0.1) is 23.8 Å². The highest BCUT2D eigenvalue weighted by molar-refractivity contribution is 7.08. The molecule has 1 aromatic carbocycles. The Kier molecular flexibility index (Phi) is 6.22. The molecule has 1 aliphatic rings. The molecule has 33 heavy (non-hydrogen) atoms. The van der Waals surface area contributed by atoms with Crippen LogP contribution in [0.2, 0.25) is 0 Å². The molecule has 0 spiro atoms. The zero-order chi connectivity index (χ0) is 22.6. The lowest BCUT2D eigenvalue weighted by atomic mass is 10.2. The van der Waals surface area contributed by atoms with E-state index in [4.69, 9.17) is 0 Å². The maximum absolute atomic E-state index is 12.3. The number of nitrogens with one attached hydrogen (secondary N) is 1. The van der Waals surface area contributed by atoms with E-state index in [1.54, 1.807) is 13.3 Å². The van der Waals surface area contributed by atoms with Crippen molar-refractivity contribution in [1.82, 2.24) is 39.6 Å². The van der Waals surface area contributed by atoms with E-state index < -0.39 is 0 Å². The molecule has 10 nitrogen and oxygen atoms in total. The Bertz CT molecular complexity index is 1230. The van der Waals surface area contributed by atoms with Gasteiger partial charge in [0.25, 0.3) is 5.91 Å². The Morgan fingerprint density at radius 1 is 1.12 bits per heavy atom. The van der Waals surface area contributed by atoms with Crippen LogP contribution in [0, 0.1) is 6.92 Å². The normalized spacial score (nSPS) is 14.6. The summed E-state index contributed by atoms with van der Waals surface area (Å²) < 4.78 is 5.62. The van der Waals surface area contributed by atoms with Gasteiger partial charge in [-0.25, -0.2) is 14.6 Å². The highest BCUT2D eigenvalue weighted by Gasteiger charge is 2.21. The van der Waals surface area contributed by atoms with Gasteiger partial charge in [0.2, 0.25) is 0 Å². The Labute approximate surface area is 195 Å². The van der Waals surface area contributed by atoms with Crippen LogP contribution in [0.5, 0.6) is 0 Å². The SMILES string of the molecule is Cc1nnsc1C(=O)NCCn1ncc2c(N3CCN(Cc4ccccc4)CC3)ncnc21. The van der Waals surface area contributed by atoms with E-state index in [0.29, 0.717) is 23.7 Å². The van der Waals surface area contributed by atoms with E-state index in [0.717, 1.165) is 61.1 Å². The molecule has 11 heteroatoms. The summed E-state index contributed by atoms with van der Waals surface area (Å²) in [5.74, 6) is 0.753. The average molecular weight is 464 g/mol. The molecule has 4 heterocycles. The lowest BCUT2D eigenvalue weighted by molar-refractivity contribution is 0.0955. The van der Waals surface area contributed by atoms with Crippen molar-refractivity contribution in [2.45, 2.75) is 20.0 Å². The van der Waals surface area contributed by atoms with Gasteiger partial charge in [-0.2, -0.15) is 5.10 Å². The molecule has 1 saturated heterocycles. The fourth-order valence-corrected chi connectivity index (χ4v) is 4.62. The number of aromatic nitrogens is 6. The smallest absolute Gasteiger partial charge is 0.265 e. The van der Waals surface area contributed by atoms with Crippen LogP contribution in [0.25, 0.3) is 11.0 Å². The lowest BCUT2D eigenvalue weighted by Gasteiger charge is -2.35. The second-order valence-corrected chi connectivity index (χ2v) is 8.75. The van der Waals surface area contributed by atoms with E-state index in [1.807, 2.05) is 10.9 Å². The van der Waals surface area contributed by atoms with Crippen LogP contribution in [-0.2, 0) is 13.1 Å². The third-order valence-electron chi connectivity index (χ3n) is 5.80. The van der Waals surface area contributed by atoms with Crippen molar-refractivity contribution in [3.05, 3.63) is 59.0 Å². The highest BCUT2D eigenvalue weighted by atomic mass is 32.1. The first-order valence-corrected chi connectivity index (χ1v) is 11.7. The molecule has 0 unspecified atom stereocenters. The molecular formula is C22H25N9OS. The molecule has 5 rings (SSSR count). The number of rotatable bonds is 7. The number of benzene rings is 1. The van der Waals surface area contributed by atoms with E-state index in [-0.39, 0.29) is 5.91 Å². The van der Waals surface area contributed by atoms with E-state index in [2.05, 4.69) is 70.1 Å². The van der Waals surface area contributed by atoms with Crippen molar-refractivity contribution in [1.29, 1.82) is 0 Å². The summed E-state index contributed by atoms with van der Waals surface area (Å²) in [5.41, 5.74) is 2.75. The zero-order valence-electron chi connectivity index (χ0n) is 18.4. The fourth-order valence-electron chi connectivity index (χ4n) is 4.05. The summed E-state index contributed by atoms with van der Waals surface area (Å²) in [6.45, 7) is 7.46. The van der Waals surface area contributed by atoms with E-state index >= 15 is 0 Å². The predicted molar refractivity (Wildman–Crippen MR) is 126 cm³/mol. The van der Waals surface area contributed by atoms with Crippen molar-refractivity contribution in [3.8, 4) is 0 Å². The molecule has 0 bridgehead atoms. The van der Waals surface area contributed by atoms with Crippen LogP contribution in [0.1, 0.15) is 20.9 Å². The Morgan fingerprint density at radius 3 is 2.70 bits per heavy atom. The molecule has 1 fully saturated rings. The molecule has 3 aromatic heterocycles. The van der Waals surface area contributed by atoms with Crippen LogP contribution in [0.15, 0.2) is 42.9 Å². The van der Waals surface area contributed by atoms with Crippen LogP contribution in [0.4, 0.5) is 5.82 Å². The largest absolute Gasteiger partial charge is 0.353 e. The summed E-state index contributed by atoms with van der Waals surface area (Å²) in [5, 5.41) is 12.2. The van der Waals surface area contributed by atoms with Crippen LogP contribution in [-0.4, -0.2) is 72.9 Å². The molecule has 0 saturated carbocycles. The number of anilines is 1. The molecular weight excluding hydrogens is 438 g/mol. The minimum Gasteiger partial charge on any atom is -0.353 e. The van der Waals surface area contributed by atoms with Gasteiger partial charge >= 0.3 is 0 Å². The summed E-state index contributed by atoms with van der Waals surface area (Å²) in [7, 11) is 0. The number of amides is 1. The third kappa shape index (κ3) is 4.69. The second-order valence-electron chi connectivity index (χ2n) is 7.99. The number of carbonyl (C=O) groups excluding carboxylic acids is 1. The van der Waals surface area contributed by atoms with Gasteiger partial charge in [-0.1, -0.05) is 34.8 Å². The minimum atomic E-state index is -0.164. The molecule has 4 aromatic rings. The molecule has 1 aliphatic heterocycles. The van der Waals surface area contributed by atoms with Gasteiger partial charge in [0.15, 0.2) is 5.65 Å². The first-order valence-electron chi connectivity index (χ1n) is 10.9. The van der Waals surface area contributed by atoms with E-state index in [9.17, 15) is 4.79 Å². The monoisotopic (exact) mass is 463 g/mol. The summed E-state index contributed by atoms with van der Waals surface area (Å²) in [4.78, 5) is 26.6. The maximum atomic E-state index is 12.3. The van der Waals surface area contributed by atoms with Crippen molar-refractivity contribution < 1.29 is 4.79 Å². The quantitative estimate of drug-likeness (QED) is 0.442. The topological polar surface area (TPSA) is 105 Å². The molecule has 0 aliphatic carbocycles. The number of aryl methyl sites for hydroxylation is 1. The van der Waals surface area contributed by atoms with Gasteiger partial charge in [0, 0.05) is 39.3 Å². The van der Waals surface area contributed by atoms with Gasteiger partial charge in [-0.15, -0.1) is 5.10 Å². The Balaban J connectivity index is 1.21. The van der Waals surface area contributed by atoms with Crippen molar-refractivity contribution in [2.75, 3.05) is 37.6 Å². The van der Waals surface area contributed by atoms with Crippen LogP contribution in [0.3, 0.4) is 0 Å². The number of fused-ring (bicyclic) bond motifs is 1. The first kappa shape index (κ1) is 21.4. The zero-order valence-corrected chi connectivity index (χ0v) is 19.2. The van der Waals surface area contributed by atoms with Gasteiger partial charge in [-0.3, -0.25) is 9.69 Å². The molecule has 1 amide bonds. The van der Waals surface area contributed by atoms with Gasteiger partial charge < -0.3 is 10.2 Å². The minimum absolute atomic E-state index is 0.164. The molecule has 170 valence electrons. The van der Waals surface area contributed by atoms with Crippen molar-refractivity contribution >= 4 is 34.3 Å². The molecule has 1 N–H and O–H groups in total. The summed E-state index contributed by atoms with van der Waals surface area (Å²) >= 11 is 1.10. The van der Waals surface area contributed by atoms with E-state index in [1.165, 1.54) is 5.56 Å². The third-order valence-corrected chi connectivity index (χ3v) is 6.63. The maximum Gasteiger partial charge on any atom is 0.265 e. The molecule has 0 atom stereocenters. The highest BCUT2D eigenvalue weighted by Crippen LogP contribution is 2.24. The summed E-state index contributed by atoms with van der Waals surface area (Å²) in [6.07, 6.45) is 3.41. The number of hydrogen-bond acceptors (Lipinski definition) is 9. The van der Waals surface area contributed by atoms with Crippen LogP contribution >= 0.6 is 11.5 Å². The predicted octanol–water partition coefficient (Wildman–Crippen LogP) is 1.74. The van der Waals surface area contributed by atoms with Crippen molar-refractivity contribution in [2.24, 2.45) is 0 Å². The molecule has 0 radical (unpaired) electrons. The first-order chi connectivity index (χ1) is 16.2. The van der Waals surface area contributed by atoms with Gasteiger partial charge in [-0.05, 0) is 24.0 Å². The number of piperazine rings is 1. The Morgan fingerprint density at radius 2 is 1.94 bits per heavy atom. The average Bonchev–Trinajstić information content (AvgIpc) is 3.46. The standard InChI is InChI=1S/C22H25N9OS/c1-16-19(33-28-27-16)22(32)23-7-8-31-21-18(13-26-31)20(24-15-25-21)30-11-9-29(10-12-30)14-17-5-3-2-4-6-17/h2-6,13,15H,7-12,14H2,1H3,(H,23,32). The second kappa shape index (κ2) is 9.59.